The van der Waals surface area contributed by atoms with Crippen LogP contribution in [0.3, 0.4) is 0 Å². The van der Waals surface area contributed by atoms with Crippen molar-refractivity contribution in [2.45, 2.75) is 12.5 Å². The first-order valence-corrected chi connectivity index (χ1v) is 4.03. The first kappa shape index (κ1) is 10.1. The van der Waals surface area contributed by atoms with Crippen LogP contribution in [0.15, 0.2) is 0 Å². The van der Waals surface area contributed by atoms with Gasteiger partial charge in [0.1, 0.15) is 0 Å². The van der Waals surface area contributed by atoms with Gasteiger partial charge in [-0.1, -0.05) is 0 Å². The Labute approximate surface area is 94.2 Å². The first-order chi connectivity index (χ1) is 4.77. The molecule has 0 N–H and O–H groups in total. The van der Waals surface area contributed by atoms with Crippen LogP contribution >= 0.6 is 0 Å². The summed E-state index contributed by atoms with van der Waals surface area (Å²) < 4.78 is 0. The molecule has 2 nitrogen and oxygen atoms in total. The van der Waals surface area contributed by atoms with Gasteiger partial charge in [-0.25, -0.2) is 0 Å². The molecule has 0 aromatic rings. The molecule has 2 aliphatic rings. The Balaban J connectivity index is 0.000000605. The van der Waals surface area contributed by atoms with Crippen LogP contribution in [-0.2, 0) is 32.7 Å². The van der Waals surface area contributed by atoms with Gasteiger partial charge in [0.2, 0.25) is 0 Å². The summed E-state index contributed by atoms with van der Waals surface area (Å²) in [6.07, 6.45) is 1.38. The molecular formula is C8H15N2Y-. The van der Waals surface area contributed by atoms with Gasteiger partial charge in [0, 0.05) is 38.8 Å². The Bertz CT molecular complexity index is 140. The molecule has 0 spiro atoms. The third-order valence-electron chi connectivity index (χ3n) is 2.90. The van der Waals surface area contributed by atoms with Crippen LogP contribution in [0.2, 0.25) is 0 Å². The monoisotopic (exact) mass is 228 g/mol. The minimum Gasteiger partial charge on any atom is -0.458 e. The Morgan fingerprint density at radius 3 is 2.73 bits per heavy atom. The van der Waals surface area contributed by atoms with Gasteiger partial charge in [-0.2, -0.15) is 0 Å². The molecule has 0 bridgehead atoms. The second-order valence-corrected chi connectivity index (χ2v) is 3.63. The van der Waals surface area contributed by atoms with Crippen LogP contribution in [0.25, 0.3) is 0 Å². The molecule has 0 aliphatic carbocycles. The van der Waals surface area contributed by atoms with Gasteiger partial charge in [-0.3, -0.25) is 7.05 Å². The van der Waals surface area contributed by atoms with Crippen LogP contribution in [0.5, 0.6) is 0 Å². The van der Waals surface area contributed by atoms with E-state index in [1.807, 2.05) is 0 Å². The van der Waals surface area contributed by atoms with E-state index in [4.69, 9.17) is 0 Å². The van der Waals surface area contributed by atoms with Gasteiger partial charge in [0.25, 0.3) is 0 Å². The summed E-state index contributed by atoms with van der Waals surface area (Å²) in [5.41, 5.74) is 0. The molecule has 2 aliphatic heterocycles. The quantitative estimate of drug-likeness (QED) is 0.554. The van der Waals surface area contributed by atoms with Crippen molar-refractivity contribution in [3.63, 3.8) is 0 Å². The van der Waals surface area contributed by atoms with E-state index >= 15 is 0 Å². The Morgan fingerprint density at radius 2 is 2.09 bits per heavy atom. The van der Waals surface area contributed by atoms with E-state index in [0.29, 0.717) is 0 Å². The van der Waals surface area contributed by atoms with Crippen molar-refractivity contribution < 1.29 is 32.7 Å². The maximum absolute atomic E-state index is 3.96. The number of fused-ring (bicyclic) bond motifs is 1. The fraction of sp³-hybridized carbons (Fsp3) is 0.875. The third-order valence-corrected chi connectivity index (χ3v) is 2.90. The maximum Gasteiger partial charge on any atom is 0.0235 e. The third kappa shape index (κ3) is 1.85. The molecule has 2 saturated heterocycles. The average Bonchev–Trinajstić information content (AvgIpc) is 2.35. The van der Waals surface area contributed by atoms with Crippen molar-refractivity contribution >= 4 is 0 Å². The van der Waals surface area contributed by atoms with Crippen molar-refractivity contribution in [3.8, 4) is 0 Å². The smallest absolute Gasteiger partial charge is 0.0235 e. The largest absolute Gasteiger partial charge is 0.458 e. The normalized spacial score (nSPS) is 38.7. The Morgan fingerprint density at radius 1 is 1.36 bits per heavy atom. The molecule has 2 rings (SSSR count). The molecule has 2 fully saturated rings. The number of rotatable bonds is 0. The summed E-state index contributed by atoms with van der Waals surface area (Å²) in [5, 5.41) is 0. The molecule has 0 aromatic heterocycles. The van der Waals surface area contributed by atoms with Crippen LogP contribution in [0.1, 0.15) is 6.42 Å². The summed E-state index contributed by atoms with van der Waals surface area (Å²) in [6, 6.07) is 0.817. The molecule has 2 heterocycles. The van der Waals surface area contributed by atoms with E-state index in [-0.39, 0.29) is 32.7 Å². The van der Waals surface area contributed by atoms with Crippen LogP contribution < -0.4 is 0 Å². The van der Waals surface area contributed by atoms with E-state index in [1.54, 1.807) is 0 Å². The summed E-state index contributed by atoms with van der Waals surface area (Å²) in [7, 11) is 6.19. The van der Waals surface area contributed by atoms with Crippen molar-refractivity contribution in [2.75, 3.05) is 26.7 Å². The molecule has 2 atom stereocenters. The van der Waals surface area contributed by atoms with Gasteiger partial charge in [-0.15, -0.1) is 0 Å². The van der Waals surface area contributed by atoms with E-state index in [1.165, 1.54) is 26.1 Å². The molecular weight excluding hydrogens is 213 g/mol. The summed E-state index contributed by atoms with van der Waals surface area (Å²) in [4.78, 5) is 4.67. The molecule has 0 amide bonds. The number of nitrogens with zero attached hydrogens (tertiary/aromatic N) is 2. The zero-order valence-electron chi connectivity index (χ0n) is 7.16. The Kier molecular flexibility index (Phi) is 3.51. The van der Waals surface area contributed by atoms with Gasteiger partial charge in [0.05, 0.1) is 0 Å². The predicted molar refractivity (Wildman–Crippen MR) is 41.5 cm³/mol. The number of likely N-dealkylation sites (tertiary alicyclic amines) is 2. The molecule has 0 aromatic carbocycles. The minimum atomic E-state index is 0. The molecule has 0 saturated carbocycles. The fourth-order valence-electron chi connectivity index (χ4n) is 2.26. The second kappa shape index (κ2) is 3.82. The molecule has 11 heavy (non-hydrogen) atoms. The van der Waals surface area contributed by atoms with Crippen molar-refractivity contribution in [3.05, 3.63) is 7.05 Å². The van der Waals surface area contributed by atoms with Crippen molar-refractivity contribution in [1.29, 1.82) is 0 Å². The van der Waals surface area contributed by atoms with E-state index < -0.39 is 0 Å². The van der Waals surface area contributed by atoms with E-state index in [9.17, 15) is 0 Å². The summed E-state index contributed by atoms with van der Waals surface area (Å²) >= 11 is 0. The fourth-order valence-corrected chi connectivity index (χ4v) is 2.26. The summed E-state index contributed by atoms with van der Waals surface area (Å²) in [6.45, 7) is 3.69. The standard InChI is InChI=1S/C8H15N2.Y/c1-9-5-7-3-4-10(2)8(7)6-9;/h7-8H,1,3-6H2,2H3;/q-1;. The van der Waals surface area contributed by atoms with Gasteiger partial charge in [0.15, 0.2) is 0 Å². The zero-order valence-corrected chi connectivity index (χ0v) is 10.0. The molecule has 2 unspecified atom stereocenters. The zero-order chi connectivity index (χ0) is 7.14. The molecule has 3 heteroatoms. The van der Waals surface area contributed by atoms with Gasteiger partial charge < -0.3 is 9.80 Å². The average molecular weight is 228 g/mol. The van der Waals surface area contributed by atoms with Crippen LogP contribution in [-0.4, -0.2) is 42.5 Å². The number of hydrogen-bond acceptors (Lipinski definition) is 2. The number of likely N-dealkylation sites (N-methyl/N-ethyl adjacent to an activating group) is 1. The van der Waals surface area contributed by atoms with Crippen LogP contribution in [0.4, 0.5) is 0 Å². The first-order valence-electron chi connectivity index (χ1n) is 4.03. The SMILES string of the molecule is [CH2-]N1CC2CCN(C)C2C1.[Y]. The number of hydrogen-bond donors (Lipinski definition) is 0. The molecule has 1 radical (unpaired) electrons. The Hall–Kier alpha value is 1.02. The predicted octanol–water partition coefficient (Wildman–Crippen LogP) is 0.411. The maximum atomic E-state index is 3.96. The van der Waals surface area contributed by atoms with E-state index in [0.717, 1.165) is 12.0 Å². The topological polar surface area (TPSA) is 6.48 Å². The van der Waals surface area contributed by atoms with Gasteiger partial charge >= 0.3 is 0 Å². The second-order valence-electron chi connectivity index (χ2n) is 3.63. The van der Waals surface area contributed by atoms with Crippen molar-refractivity contribution in [2.24, 2.45) is 5.92 Å². The minimum absolute atomic E-state index is 0. The molecule has 61 valence electrons. The van der Waals surface area contributed by atoms with Crippen LogP contribution in [0, 0.1) is 13.0 Å². The van der Waals surface area contributed by atoms with Gasteiger partial charge in [-0.05, 0) is 39.0 Å². The van der Waals surface area contributed by atoms with E-state index in [2.05, 4.69) is 23.9 Å². The summed E-state index contributed by atoms with van der Waals surface area (Å²) in [5.74, 6) is 0.919. The van der Waals surface area contributed by atoms with Crippen molar-refractivity contribution in [1.82, 2.24) is 9.80 Å².